The number of thiophene rings is 1. The van der Waals surface area contributed by atoms with Crippen LogP contribution in [0.4, 0.5) is 10.7 Å². The summed E-state index contributed by atoms with van der Waals surface area (Å²) in [4.78, 5) is 19.9. The number of aliphatic imine (C=N–C) groups is 1. The number of carbonyl (C=O) groups excluding carboxylic acids is 1. The summed E-state index contributed by atoms with van der Waals surface area (Å²) >= 11 is 7.69. The molecule has 230 valence electrons. The van der Waals surface area contributed by atoms with E-state index in [9.17, 15) is 4.79 Å². The van der Waals surface area contributed by atoms with Gasteiger partial charge in [-0.3, -0.25) is 4.79 Å². The van der Waals surface area contributed by atoms with Gasteiger partial charge in [-0.15, -0.1) is 11.3 Å². The van der Waals surface area contributed by atoms with E-state index in [0.29, 0.717) is 40.3 Å². The fourth-order valence-electron chi connectivity index (χ4n) is 5.95. The lowest BCUT2D eigenvalue weighted by atomic mass is 9.72. The van der Waals surface area contributed by atoms with Gasteiger partial charge in [0.1, 0.15) is 11.6 Å². The zero-order valence-corrected chi connectivity index (χ0v) is 27.6. The van der Waals surface area contributed by atoms with Crippen LogP contribution in [0.3, 0.4) is 0 Å². The molecule has 0 unspecified atom stereocenters. The maximum absolute atomic E-state index is 13.7. The van der Waals surface area contributed by atoms with Crippen LogP contribution in [-0.4, -0.2) is 19.2 Å². The summed E-state index contributed by atoms with van der Waals surface area (Å²) in [5, 5.41) is 6.76. The Labute approximate surface area is 273 Å². The molecule has 0 spiro atoms. The van der Waals surface area contributed by atoms with Gasteiger partial charge in [-0.1, -0.05) is 74.8 Å². The molecule has 0 fully saturated rings. The Morgan fingerprint density at radius 3 is 2.58 bits per heavy atom. The van der Waals surface area contributed by atoms with Crippen molar-refractivity contribution in [3.63, 3.8) is 0 Å². The SMILES string of the molecule is COc1cc(C=Nc2sc3c(c2C(=O)Nc2ccc(Cl)cc2)CC[C@@H](C(C)(C)C)C3)ccc1OCc1cccc2ccccc12. The number of carbonyl (C=O) groups is 1. The summed E-state index contributed by atoms with van der Waals surface area (Å²) in [6, 6.07) is 27.5. The Morgan fingerprint density at radius 2 is 1.80 bits per heavy atom. The minimum Gasteiger partial charge on any atom is -0.493 e. The molecule has 5 aromatic rings. The topological polar surface area (TPSA) is 59.9 Å². The molecule has 5 nitrogen and oxygen atoms in total. The molecule has 1 N–H and O–H groups in total. The third-order valence-corrected chi connectivity index (χ3v) is 10.00. The smallest absolute Gasteiger partial charge is 0.259 e. The van der Waals surface area contributed by atoms with E-state index in [0.717, 1.165) is 41.0 Å². The lowest BCUT2D eigenvalue weighted by Gasteiger charge is -2.33. The third-order valence-electron chi connectivity index (χ3n) is 8.58. The van der Waals surface area contributed by atoms with Crippen molar-refractivity contribution in [3.05, 3.63) is 117 Å². The first-order valence-electron chi connectivity index (χ1n) is 15.2. The van der Waals surface area contributed by atoms with Gasteiger partial charge in [0, 0.05) is 21.8 Å². The fourth-order valence-corrected chi connectivity index (χ4v) is 7.35. The normalized spacial score (nSPS) is 14.8. The molecule has 1 aliphatic carbocycles. The average molecular weight is 637 g/mol. The van der Waals surface area contributed by atoms with Gasteiger partial charge in [-0.05, 0) is 101 Å². The van der Waals surface area contributed by atoms with Crippen molar-refractivity contribution >= 4 is 56.5 Å². The maximum atomic E-state index is 13.7. The number of benzene rings is 4. The summed E-state index contributed by atoms with van der Waals surface area (Å²) in [6.45, 7) is 7.32. The van der Waals surface area contributed by atoms with Crippen LogP contribution in [0.1, 0.15) is 59.1 Å². The number of hydrogen-bond acceptors (Lipinski definition) is 5. The average Bonchev–Trinajstić information content (AvgIpc) is 3.41. The van der Waals surface area contributed by atoms with Crippen molar-refractivity contribution < 1.29 is 14.3 Å². The quantitative estimate of drug-likeness (QED) is 0.172. The van der Waals surface area contributed by atoms with Gasteiger partial charge in [0.05, 0.1) is 12.7 Å². The molecular formula is C38H37ClN2O3S. The summed E-state index contributed by atoms with van der Waals surface area (Å²) in [5.74, 6) is 1.69. The van der Waals surface area contributed by atoms with E-state index in [1.54, 1.807) is 36.8 Å². The second-order valence-corrected chi connectivity index (χ2v) is 14.1. The first-order valence-corrected chi connectivity index (χ1v) is 16.4. The molecule has 0 saturated carbocycles. The predicted octanol–water partition coefficient (Wildman–Crippen LogP) is 10.3. The van der Waals surface area contributed by atoms with Gasteiger partial charge in [-0.25, -0.2) is 4.99 Å². The second-order valence-electron chi connectivity index (χ2n) is 12.5. The summed E-state index contributed by atoms with van der Waals surface area (Å²) in [6.07, 6.45) is 4.67. The van der Waals surface area contributed by atoms with Crippen LogP contribution in [0.25, 0.3) is 10.8 Å². The molecule has 0 bridgehead atoms. The van der Waals surface area contributed by atoms with Crippen LogP contribution < -0.4 is 14.8 Å². The van der Waals surface area contributed by atoms with Crippen molar-refractivity contribution in [1.82, 2.24) is 0 Å². The van der Waals surface area contributed by atoms with Crippen LogP contribution in [0.15, 0.2) is 89.9 Å². The Bertz CT molecular complexity index is 1870. The number of fused-ring (bicyclic) bond motifs is 2. The zero-order chi connectivity index (χ0) is 31.6. The highest BCUT2D eigenvalue weighted by Crippen LogP contribution is 2.45. The Balaban J connectivity index is 1.26. The molecule has 1 atom stereocenters. The number of methoxy groups -OCH3 is 1. The molecule has 6 rings (SSSR count). The first kappa shape index (κ1) is 30.9. The van der Waals surface area contributed by atoms with E-state index >= 15 is 0 Å². The van der Waals surface area contributed by atoms with Gasteiger partial charge in [0.25, 0.3) is 5.91 Å². The lowest BCUT2D eigenvalue weighted by molar-refractivity contribution is 0.102. The molecule has 1 heterocycles. The largest absolute Gasteiger partial charge is 0.493 e. The Kier molecular flexibility index (Phi) is 8.97. The maximum Gasteiger partial charge on any atom is 0.259 e. The minimum atomic E-state index is -0.147. The number of ether oxygens (including phenoxy) is 2. The van der Waals surface area contributed by atoms with Crippen molar-refractivity contribution in [1.29, 1.82) is 0 Å². The van der Waals surface area contributed by atoms with E-state index < -0.39 is 0 Å². The first-order chi connectivity index (χ1) is 21.7. The van der Waals surface area contributed by atoms with Gasteiger partial charge < -0.3 is 14.8 Å². The monoisotopic (exact) mass is 636 g/mol. The molecule has 0 aliphatic heterocycles. The number of rotatable bonds is 8. The highest BCUT2D eigenvalue weighted by molar-refractivity contribution is 7.16. The van der Waals surface area contributed by atoms with E-state index in [2.05, 4.69) is 50.4 Å². The lowest BCUT2D eigenvalue weighted by Crippen LogP contribution is -2.27. The van der Waals surface area contributed by atoms with E-state index in [-0.39, 0.29) is 11.3 Å². The van der Waals surface area contributed by atoms with Crippen LogP contribution in [-0.2, 0) is 19.4 Å². The van der Waals surface area contributed by atoms with Crippen LogP contribution in [0.5, 0.6) is 11.5 Å². The molecule has 1 aromatic heterocycles. The number of hydrogen-bond donors (Lipinski definition) is 1. The summed E-state index contributed by atoms with van der Waals surface area (Å²) in [7, 11) is 1.64. The number of nitrogens with one attached hydrogen (secondary N) is 1. The highest BCUT2D eigenvalue weighted by atomic mass is 35.5. The minimum absolute atomic E-state index is 0.147. The van der Waals surface area contributed by atoms with Crippen molar-refractivity contribution in [2.45, 2.75) is 46.6 Å². The van der Waals surface area contributed by atoms with Gasteiger partial charge in [0.15, 0.2) is 11.5 Å². The fraction of sp³-hybridized carbons (Fsp3) is 0.263. The predicted molar refractivity (Wildman–Crippen MR) is 187 cm³/mol. The number of nitrogens with zero attached hydrogens (tertiary/aromatic N) is 1. The van der Waals surface area contributed by atoms with Crippen molar-refractivity contribution in [3.8, 4) is 11.5 Å². The Morgan fingerprint density at radius 1 is 1.02 bits per heavy atom. The molecule has 1 aliphatic rings. The van der Waals surface area contributed by atoms with Crippen molar-refractivity contribution in [2.24, 2.45) is 16.3 Å². The van der Waals surface area contributed by atoms with Gasteiger partial charge in [-0.2, -0.15) is 0 Å². The second kappa shape index (κ2) is 13.1. The molecule has 1 amide bonds. The zero-order valence-electron chi connectivity index (χ0n) is 26.0. The van der Waals surface area contributed by atoms with Crippen LogP contribution in [0, 0.1) is 11.3 Å². The number of amides is 1. The number of halogens is 1. The highest BCUT2D eigenvalue weighted by Gasteiger charge is 2.33. The summed E-state index contributed by atoms with van der Waals surface area (Å²) < 4.78 is 11.9. The van der Waals surface area contributed by atoms with E-state index in [4.69, 9.17) is 26.1 Å². The number of anilines is 1. The van der Waals surface area contributed by atoms with Crippen LogP contribution >= 0.6 is 22.9 Å². The van der Waals surface area contributed by atoms with Crippen LogP contribution in [0.2, 0.25) is 5.02 Å². The van der Waals surface area contributed by atoms with E-state index in [1.807, 2.05) is 48.5 Å². The van der Waals surface area contributed by atoms with Gasteiger partial charge >= 0.3 is 0 Å². The molecule has 4 aromatic carbocycles. The molecule has 0 saturated heterocycles. The molecular weight excluding hydrogens is 600 g/mol. The molecule has 45 heavy (non-hydrogen) atoms. The van der Waals surface area contributed by atoms with Gasteiger partial charge in [0.2, 0.25) is 0 Å². The molecule has 7 heteroatoms. The molecule has 0 radical (unpaired) electrons. The summed E-state index contributed by atoms with van der Waals surface area (Å²) in [5.41, 5.74) is 4.65. The third kappa shape index (κ3) is 6.92. The van der Waals surface area contributed by atoms with E-state index in [1.165, 1.54) is 15.6 Å². The standard InChI is InChI=1S/C38H37ClN2O3S/c1-38(2,3)27-13-18-31-34(21-27)45-37(35(31)36(42)41-29-16-14-28(39)15-17-29)40-22-24-12-19-32(33(20-24)43-4)44-23-26-10-7-9-25-8-5-6-11-30(25)26/h5-12,14-17,19-20,22,27H,13,18,21,23H2,1-4H3,(H,41,42)/t27-/m1/s1. The Hall–Kier alpha value is -4.13. The van der Waals surface area contributed by atoms with Crippen molar-refractivity contribution in [2.75, 3.05) is 12.4 Å².